The maximum absolute atomic E-state index is 10.7. The maximum atomic E-state index is 10.7. The Hall–Kier alpha value is -1.05. The molecule has 2 nitrogen and oxygen atoms in total. The second-order valence-electron chi connectivity index (χ2n) is 3.77. The minimum atomic E-state index is -0.328. The molecule has 0 saturated heterocycles. The molecule has 0 aromatic heterocycles. The number of hydrogen-bond donors (Lipinski definition) is 0. The number of rotatable bonds is 2. The summed E-state index contributed by atoms with van der Waals surface area (Å²) in [5.74, 6) is -0.202. The first kappa shape index (κ1) is 15.9. The van der Waals surface area contributed by atoms with Crippen LogP contribution in [0.3, 0.4) is 0 Å². The quantitative estimate of drug-likeness (QED) is 0.470. The number of carbonyl (C=O) groups excluding carboxylic acids is 1. The van der Waals surface area contributed by atoms with Gasteiger partial charge in [-0.05, 0) is 6.42 Å². The molecule has 0 aliphatic heterocycles. The summed E-state index contributed by atoms with van der Waals surface area (Å²) >= 11 is 0. The molecule has 0 bridgehead atoms. The van der Waals surface area contributed by atoms with Gasteiger partial charge in [-0.25, -0.2) is 24.6 Å². The van der Waals surface area contributed by atoms with Crippen molar-refractivity contribution in [1.82, 2.24) is 0 Å². The summed E-state index contributed by atoms with van der Waals surface area (Å²) in [6.45, 7) is 3.47. The maximum Gasteiger partial charge on any atom is 2.00 e. The zero-order chi connectivity index (χ0) is 11.9. The van der Waals surface area contributed by atoms with E-state index in [-0.39, 0.29) is 28.6 Å². The van der Waals surface area contributed by atoms with Crippen molar-refractivity contribution in [3.63, 3.8) is 0 Å². The predicted octanol–water partition coefficient (Wildman–Crippen LogP) is 3.27. The van der Waals surface area contributed by atoms with E-state index in [0.29, 0.717) is 0 Å². The van der Waals surface area contributed by atoms with Crippen molar-refractivity contribution in [1.29, 1.82) is 0 Å². The number of esters is 1. The monoisotopic (exact) mass is 274 g/mol. The molecule has 1 aliphatic carbocycles. The van der Waals surface area contributed by atoms with E-state index in [1.807, 2.05) is 55.8 Å². The first-order valence-corrected chi connectivity index (χ1v) is 5.56. The normalized spacial score (nSPS) is 20.6. The van der Waals surface area contributed by atoms with Gasteiger partial charge in [0.15, 0.2) is 0 Å². The van der Waals surface area contributed by atoms with Crippen LogP contribution < -0.4 is 0 Å². The van der Waals surface area contributed by atoms with Crippen LogP contribution in [0.5, 0.6) is 0 Å². The van der Waals surface area contributed by atoms with Crippen molar-refractivity contribution >= 4 is 5.97 Å². The van der Waals surface area contributed by atoms with Gasteiger partial charge in [0.25, 0.3) is 0 Å². The molecule has 2 rings (SSSR count). The Balaban J connectivity index is 0.000000360. The van der Waals surface area contributed by atoms with Crippen molar-refractivity contribution in [3.8, 4) is 0 Å². The Morgan fingerprint density at radius 2 is 2.06 bits per heavy atom. The minimum Gasteiger partial charge on any atom is -0.475 e. The van der Waals surface area contributed by atoms with Gasteiger partial charge < -0.3 is 4.74 Å². The van der Waals surface area contributed by atoms with Crippen molar-refractivity contribution < 1.29 is 26.6 Å². The number of ether oxygens (including phenoxy) is 1. The zero-order valence-electron chi connectivity index (χ0n) is 10.2. The Kier molecular flexibility index (Phi) is 7.60. The van der Waals surface area contributed by atoms with E-state index < -0.39 is 0 Å². The molecule has 3 heteroatoms. The van der Waals surface area contributed by atoms with Crippen LogP contribution in [0.2, 0.25) is 0 Å². The second kappa shape index (κ2) is 8.10. The fourth-order valence-corrected chi connectivity index (χ4v) is 1.60. The molecule has 1 aromatic rings. The molecule has 0 fully saturated rings. The van der Waals surface area contributed by atoms with Crippen molar-refractivity contribution in [2.75, 3.05) is 0 Å². The molecule has 1 unspecified atom stereocenters. The third-order valence-electron chi connectivity index (χ3n) is 2.50. The van der Waals surface area contributed by atoms with Crippen LogP contribution in [-0.2, 0) is 26.6 Å². The summed E-state index contributed by atoms with van der Waals surface area (Å²) in [5, 5.41) is 0. The van der Waals surface area contributed by atoms with Gasteiger partial charge in [0, 0.05) is 6.92 Å². The van der Waals surface area contributed by atoms with Crippen molar-refractivity contribution in [2.45, 2.75) is 32.3 Å². The molecule has 1 aliphatic rings. The van der Waals surface area contributed by atoms with Crippen LogP contribution in [0.25, 0.3) is 0 Å². The number of hydrogen-bond acceptors (Lipinski definition) is 2. The van der Waals surface area contributed by atoms with Gasteiger partial charge >= 0.3 is 23.0 Å². The standard InChI is InChI=1S/C9H13O2.C5H5.Fe/c1-3-9(11-8(2)10)6-4-5-7-9;1-2-4-5-3-1;/h4-6H,3,7H2,1-2H3;1-5H;/q2*-1;+2. The van der Waals surface area contributed by atoms with Crippen molar-refractivity contribution in [2.24, 2.45) is 0 Å². The van der Waals surface area contributed by atoms with Crippen LogP contribution >= 0.6 is 0 Å². The van der Waals surface area contributed by atoms with E-state index in [1.54, 1.807) is 0 Å². The van der Waals surface area contributed by atoms with Gasteiger partial charge in [-0.3, -0.25) is 4.79 Å². The summed E-state index contributed by atoms with van der Waals surface area (Å²) in [6, 6.07) is 10.0. The molecular weight excluding hydrogens is 256 g/mol. The third-order valence-corrected chi connectivity index (χ3v) is 2.50. The molecule has 0 saturated carbocycles. The molecule has 0 radical (unpaired) electrons. The van der Waals surface area contributed by atoms with E-state index in [2.05, 4.69) is 0 Å². The first-order valence-electron chi connectivity index (χ1n) is 5.56. The molecule has 0 heterocycles. The minimum absolute atomic E-state index is 0. The summed E-state index contributed by atoms with van der Waals surface area (Å²) in [4.78, 5) is 10.7. The largest absolute Gasteiger partial charge is 2.00 e. The Morgan fingerprint density at radius 1 is 1.41 bits per heavy atom. The average molecular weight is 274 g/mol. The first-order chi connectivity index (χ1) is 7.68. The van der Waals surface area contributed by atoms with Gasteiger partial charge in [0.05, 0.1) is 5.60 Å². The van der Waals surface area contributed by atoms with Crippen LogP contribution in [0.4, 0.5) is 0 Å². The molecule has 0 amide bonds. The molecule has 1 atom stereocenters. The fraction of sp³-hybridized carbons (Fsp3) is 0.357. The van der Waals surface area contributed by atoms with Crippen molar-refractivity contribution in [3.05, 3.63) is 48.9 Å². The van der Waals surface area contributed by atoms with E-state index in [9.17, 15) is 4.79 Å². The third kappa shape index (κ3) is 5.71. The van der Waals surface area contributed by atoms with Crippen LogP contribution in [-0.4, -0.2) is 11.6 Å². The van der Waals surface area contributed by atoms with Crippen LogP contribution in [0.15, 0.2) is 42.5 Å². The van der Waals surface area contributed by atoms with E-state index in [1.165, 1.54) is 6.92 Å². The molecule has 1 aromatic carbocycles. The number of allylic oxidation sites excluding steroid dienone is 1. The zero-order valence-corrected chi connectivity index (χ0v) is 11.3. The summed E-state index contributed by atoms with van der Waals surface area (Å²) in [5.41, 5.74) is -0.328. The Labute approximate surface area is 114 Å². The molecule has 94 valence electrons. The Morgan fingerprint density at radius 3 is 2.35 bits per heavy atom. The van der Waals surface area contributed by atoms with E-state index in [4.69, 9.17) is 4.74 Å². The predicted molar refractivity (Wildman–Crippen MR) is 64.9 cm³/mol. The summed E-state index contributed by atoms with van der Waals surface area (Å²) in [6.07, 6.45) is 7.59. The van der Waals surface area contributed by atoms with Gasteiger partial charge in [-0.15, -0.1) is 0 Å². The second-order valence-corrected chi connectivity index (χ2v) is 3.77. The molecule has 17 heavy (non-hydrogen) atoms. The summed E-state index contributed by atoms with van der Waals surface area (Å²) in [7, 11) is 0. The molecular formula is C14H18FeO2. The van der Waals surface area contributed by atoms with E-state index in [0.717, 1.165) is 12.8 Å². The average Bonchev–Trinajstić information content (AvgIpc) is 2.90. The van der Waals surface area contributed by atoms with Gasteiger partial charge in [0.2, 0.25) is 0 Å². The topological polar surface area (TPSA) is 26.3 Å². The van der Waals surface area contributed by atoms with Crippen LogP contribution in [0.1, 0.15) is 26.7 Å². The van der Waals surface area contributed by atoms with Gasteiger partial charge in [-0.2, -0.15) is 24.3 Å². The van der Waals surface area contributed by atoms with E-state index >= 15 is 0 Å². The fourth-order valence-electron chi connectivity index (χ4n) is 1.60. The molecule has 0 N–H and O–H groups in total. The van der Waals surface area contributed by atoms with Gasteiger partial charge in [0.1, 0.15) is 0 Å². The summed E-state index contributed by atoms with van der Waals surface area (Å²) < 4.78 is 5.19. The number of carbonyl (C=O) groups is 1. The SMILES string of the molecule is CCC1(OC(C)=O)C=C[CH-]C1.[Fe+2].c1cc[cH-]c1. The molecule has 0 spiro atoms. The van der Waals surface area contributed by atoms with Gasteiger partial charge in [-0.1, -0.05) is 13.3 Å². The smallest absolute Gasteiger partial charge is 0.475 e. The Bertz CT molecular complexity index is 313. The van der Waals surface area contributed by atoms with Crippen LogP contribution in [0, 0.1) is 6.42 Å².